The number of carboxylic acid groups (broad SMARTS) is 1. The van der Waals surface area contributed by atoms with Crippen LogP contribution in [0.25, 0.3) is 5.52 Å². The summed E-state index contributed by atoms with van der Waals surface area (Å²) >= 11 is 0. The van der Waals surface area contributed by atoms with E-state index in [1.807, 2.05) is 6.07 Å². The summed E-state index contributed by atoms with van der Waals surface area (Å²) in [5.41, 5.74) is 0.825. The first-order valence-corrected chi connectivity index (χ1v) is 11.8. The summed E-state index contributed by atoms with van der Waals surface area (Å²) in [6.07, 6.45) is -2.09. The van der Waals surface area contributed by atoms with E-state index in [1.165, 1.54) is 28.9 Å². The molecular formula is C24H18F3N3O4S. The third-order valence-electron chi connectivity index (χ3n) is 5.78. The van der Waals surface area contributed by atoms with Gasteiger partial charge in [-0.25, -0.2) is 8.42 Å². The van der Waals surface area contributed by atoms with Gasteiger partial charge < -0.3 is 14.5 Å². The molecule has 1 aromatic carbocycles. The van der Waals surface area contributed by atoms with Crippen molar-refractivity contribution in [1.82, 2.24) is 9.38 Å². The van der Waals surface area contributed by atoms with Crippen molar-refractivity contribution in [3.63, 3.8) is 0 Å². The molecule has 0 spiro atoms. The first kappa shape index (κ1) is 24.1. The van der Waals surface area contributed by atoms with Gasteiger partial charge >= 0.3 is 12.1 Å². The topological polar surface area (TPSA) is 115 Å². The van der Waals surface area contributed by atoms with Gasteiger partial charge in [0.15, 0.2) is 9.84 Å². The maximum absolute atomic E-state index is 13.9. The van der Waals surface area contributed by atoms with E-state index in [4.69, 9.17) is 0 Å². The van der Waals surface area contributed by atoms with E-state index >= 15 is 0 Å². The van der Waals surface area contributed by atoms with Crippen molar-refractivity contribution < 1.29 is 31.5 Å². The standard InChI is InChI=1S/C24H18F3N3O4S/c1-14-18(11-21(31)32)20-9-4-15(12-28)13-30(20)22(14)23(19-3-2-10-29-19)35(33,34)17-7-5-16(6-8-17)24(25,26)27/h2-10,13,23,29H,11H2,1H3,(H,31,32). The third kappa shape index (κ3) is 4.28. The molecule has 7 nitrogen and oxygen atoms in total. The average Bonchev–Trinajstić information content (AvgIpc) is 3.41. The maximum atomic E-state index is 13.9. The Kier molecular flexibility index (Phi) is 5.94. The Balaban J connectivity index is 2.01. The largest absolute Gasteiger partial charge is 0.481 e. The van der Waals surface area contributed by atoms with Gasteiger partial charge in [0, 0.05) is 23.6 Å². The monoisotopic (exact) mass is 501 g/mol. The van der Waals surface area contributed by atoms with Crippen molar-refractivity contribution in [3.05, 3.63) is 94.6 Å². The SMILES string of the molecule is Cc1c(CC(=O)O)c2ccc(C#N)cn2c1C(c1ccc[nH]1)S(=O)(=O)c1ccc(C(F)(F)F)cc1. The van der Waals surface area contributed by atoms with Gasteiger partial charge in [0.05, 0.1) is 28.1 Å². The smallest absolute Gasteiger partial charge is 0.416 e. The van der Waals surface area contributed by atoms with Crippen molar-refractivity contribution in [2.75, 3.05) is 0 Å². The van der Waals surface area contributed by atoms with Crippen LogP contribution in [0.2, 0.25) is 0 Å². The second-order valence-electron chi connectivity index (χ2n) is 7.92. The molecule has 3 aromatic heterocycles. The number of aromatic amines is 1. The van der Waals surface area contributed by atoms with Crippen molar-refractivity contribution in [3.8, 4) is 6.07 Å². The number of aliphatic carboxylic acids is 1. The molecule has 0 aliphatic carbocycles. The fraction of sp³-hybridized carbons (Fsp3) is 0.167. The van der Waals surface area contributed by atoms with Crippen molar-refractivity contribution in [2.24, 2.45) is 0 Å². The minimum Gasteiger partial charge on any atom is -0.481 e. The zero-order valence-corrected chi connectivity index (χ0v) is 19.0. The summed E-state index contributed by atoms with van der Waals surface area (Å²) in [4.78, 5) is 14.1. The molecule has 0 aliphatic rings. The lowest BCUT2D eigenvalue weighted by atomic mass is 10.1. The molecule has 0 bridgehead atoms. The zero-order chi connectivity index (χ0) is 25.5. The van der Waals surface area contributed by atoms with Crippen LogP contribution in [-0.2, 0) is 27.2 Å². The second-order valence-corrected chi connectivity index (χ2v) is 9.95. The van der Waals surface area contributed by atoms with Gasteiger partial charge in [0.25, 0.3) is 0 Å². The molecule has 2 N–H and O–H groups in total. The molecule has 0 radical (unpaired) electrons. The van der Waals surface area contributed by atoms with E-state index in [9.17, 15) is 36.8 Å². The van der Waals surface area contributed by atoms with Crippen LogP contribution >= 0.6 is 0 Å². The van der Waals surface area contributed by atoms with E-state index < -0.39 is 32.8 Å². The van der Waals surface area contributed by atoms with Crippen LogP contribution in [0, 0.1) is 18.3 Å². The Bertz CT molecular complexity index is 1560. The predicted octanol–water partition coefficient (Wildman–Crippen LogP) is 4.66. The molecule has 1 unspecified atom stereocenters. The van der Waals surface area contributed by atoms with Crippen LogP contribution < -0.4 is 0 Å². The number of nitrogens with one attached hydrogen (secondary N) is 1. The Morgan fingerprint density at radius 2 is 1.86 bits per heavy atom. The number of rotatable bonds is 6. The van der Waals surface area contributed by atoms with Crippen LogP contribution in [0.3, 0.4) is 0 Å². The first-order valence-electron chi connectivity index (χ1n) is 10.2. The molecule has 180 valence electrons. The summed E-state index contributed by atoms with van der Waals surface area (Å²) in [7, 11) is -4.34. The maximum Gasteiger partial charge on any atom is 0.416 e. The lowest BCUT2D eigenvalue weighted by Crippen LogP contribution is -2.19. The number of pyridine rings is 1. The zero-order valence-electron chi connectivity index (χ0n) is 18.2. The normalized spacial score (nSPS) is 13.0. The molecular weight excluding hydrogens is 483 g/mol. The number of halogens is 3. The van der Waals surface area contributed by atoms with Crippen molar-refractivity contribution in [2.45, 2.75) is 29.7 Å². The highest BCUT2D eigenvalue weighted by Gasteiger charge is 2.37. The minimum atomic E-state index is -4.63. The van der Waals surface area contributed by atoms with Gasteiger partial charge in [0.1, 0.15) is 11.3 Å². The number of nitriles is 1. The third-order valence-corrected chi connectivity index (χ3v) is 7.81. The van der Waals surface area contributed by atoms with Gasteiger partial charge in [-0.3, -0.25) is 4.79 Å². The number of fused-ring (bicyclic) bond motifs is 1. The van der Waals surface area contributed by atoms with Crippen LogP contribution in [0.15, 0.2) is 65.8 Å². The first-order chi connectivity index (χ1) is 16.4. The molecule has 1 atom stereocenters. The van der Waals surface area contributed by atoms with Gasteiger partial charge in [-0.05, 0) is 66.6 Å². The molecule has 4 aromatic rings. The van der Waals surface area contributed by atoms with Gasteiger partial charge in [0.2, 0.25) is 0 Å². The van der Waals surface area contributed by atoms with Crippen LogP contribution in [0.5, 0.6) is 0 Å². The van der Waals surface area contributed by atoms with Gasteiger partial charge in [-0.15, -0.1) is 0 Å². The van der Waals surface area contributed by atoms with Crippen LogP contribution in [-0.4, -0.2) is 28.9 Å². The number of aromatic nitrogens is 2. The highest BCUT2D eigenvalue weighted by molar-refractivity contribution is 7.91. The Morgan fingerprint density at radius 1 is 1.17 bits per heavy atom. The average molecular weight is 501 g/mol. The second kappa shape index (κ2) is 8.63. The molecule has 0 fully saturated rings. The summed E-state index contributed by atoms with van der Waals surface area (Å²) in [6.45, 7) is 1.59. The lowest BCUT2D eigenvalue weighted by Gasteiger charge is -2.19. The number of sulfone groups is 1. The Hall–Kier alpha value is -4.04. The van der Waals surface area contributed by atoms with Gasteiger partial charge in [-0.2, -0.15) is 18.4 Å². The number of benzene rings is 1. The number of H-pyrrole nitrogens is 1. The number of carbonyl (C=O) groups is 1. The number of hydrogen-bond acceptors (Lipinski definition) is 4. The summed E-state index contributed by atoms with van der Waals surface area (Å²) < 4.78 is 68.3. The summed E-state index contributed by atoms with van der Waals surface area (Å²) in [5, 5.41) is 17.4. The number of carboxylic acids is 1. The van der Waals surface area contributed by atoms with Crippen LogP contribution in [0.1, 0.15) is 38.9 Å². The molecule has 0 aliphatic heterocycles. The Labute approximate surface area is 198 Å². The van der Waals surface area contributed by atoms with E-state index in [0.29, 0.717) is 28.8 Å². The van der Waals surface area contributed by atoms with E-state index in [-0.39, 0.29) is 28.3 Å². The molecule has 3 heterocycles. The molecule has 0 amide bonds. The van der Waals surface area contributed by atoms with E-state index in [2.05, 4.69) is 4.98 Å². The molecule has 0 saturated heterocycles. The fourth-order valence-corrected chi connectivity index (χ4v) is 6.03. The lowest BCUT2D eigenvalue weighted by molar-refractivity contribution is -0.138. The summed E-state index contributed by atoms with van der Waals surface area (Å²) in [6, 6.07) is 11.3. The molecule has 11 heteroatoms. The minimum absolute atomic E-state index is 0.190. The quantitative estimate of drug-likeness (QED) is 0.399. The molecule has 35 heavy (non-hydrogen) atoms. The number of hydrogen-bond donors (Lipinski definition) is 2. The fourth-order valence-electron chi connectivity index (χ4n) is 4.18. The molecule has 4 rings (SSSR count). The van der Waals surface area contributed by atoms with E-state index in [1.54, 1.807) is 19.1 Å². The highest BCUT2D eigenvalue weighted by atomic mass is 32.2. The number of alkyl halides is 3. The van der Waals surface area contributed by atoms with Crippen molar-refractivity contribution in [1.29, 1.82) is 5.26 Å². The Morgan fingerprint density at radius 3 is 2.40 bits per heavy atom. The van der Waals surface area contributed by atoms with Gasteiger partial charge in [-0.1, -0.05) is 0 Å². The van der Waals surface area contributed by atoms with E-state index in [0.717, 1.165) is 12.1 Å². The highest BCUT2D eigenvalue weighted by Crippen LogP contribution is 2.40. The number of nitrogens with zero attached hydrogens (tertiary/aromatic N) is 2. The predicted molar refractivity (Wildman–Crippen MR) is 119 cm³/mol. The summed E-state index contributed by atoms with van der Waals surface area (Å²) in [5.74, 6) is -1.13. The van der Waals surface area contributed by atoms with Crippen molar-refractivity contribution >= 4 is 21.3 Å². The molecule has 0 saturated carbocycles. The van der Waals surface area contributed by atoms with Crippen LogP contribution in [0.4, 0.5) is 13.2 Å².